The summed E-state index contributed by atoms with van der Waals surface area (Å²) in [5.41, 5.74) is 4.36. The molecule has 2 aromatic heterocycles. The van der Waals surface area contributed by atoms with Crippen LogP contribution in [0.2, 0.25) is 0 Å². The van der Waals surface area contributed by atoms with Crippen LogP contribution in [0.1, 0.15) is 25.3 Å². The van der Waals surface area contributed by atoms with Crippen molar-refractivity contribution < 1.29 is 4.74 Å². The number of rotatable bonds is 4. The normalized spacial score (nSPS) is 14.6. The predicted molar refractivity (Wildman–Crippen MR) is 113 cm³/mol. The third-order valence-electron chi connectivity index (χ3n) is 5.27. The van der Waals surface area contributed by atoms with Crippen molar-refractivity contribution in [2.24, 2.45) is 0 Å². The second kappa shape index (κ2) is 7.64. The maximum absolute atomic E-state index is 12.8. The van der Waals surface area contributed by atoms with Crippen LogP contribution in [0, 0.1) is 0 Å². The van der Waals surface area contributed by atoms with Gasteiger partial charge >= 0.3 is 0 Å². The fourth-order valence-electron chi connectivity index (χ4n) is 3.69. The topological polar surface area (TPSA) is 58.9 Å². The van der Waals surface area contributed by atoms with Gasteiger partial charge in [-0.25, -0.2) is 4.98 Å². The molecule has 3 aromatic rings. The van der Waals surface area contributed by atoms with Gasteiger partial charge in [0.05, 0.1) is 18.5 Å². The van der Waals surface area contributed by atoms with E-state index in [4.69, 9.17) is 9.72 Å². The molecule has 0 unspecified atom stereocenters. The van der Waals surface area contributed by atoms with Crippen molar-refractivity contribution in [2.75, 3.05) is 38.2 Å². The Bertz CT molecular complexity index is 1050. The highest BCUT2D eigenvalue weighted by molar-refractivity contribution is 5.65. The van der Waals surface area contributed by atoms with Crippen molar-refractivity contribution in [3.05, 3.63) is 58.5 Å². The van der Waals surface area contributed by atoms with Crippen LogP contribution in [-0.4, -0.2) is 42.7 Å². The zero-order valence-corrected chi connectivity index (χ0v) is 16.6. The molecule has 0 amide bonds. The molecule has 0 atom stereocenters. The molecule has 28 heavy (non-hydrogen) atoms. The molecule has 1 fully saturated rings. The average molecular weight is 378 g/mol. The molecule has 4 rings (SSSR count). The summed E-state index contributed by atoms with van der Waals surface area (Å²) in [5.74, 6) is 1.18. The lowest BCUT2D eigenvalue weighted by Gasteiger charge is -2.29. The summed E-state index contributed by atoms with van der Waals surface area (Å²) in [6, 6.07) is 11.6. The third-order valence-corrected chi connectivity index (χ3v) is 5.27. The SMILES string of the molecule is COc1ccc(-c2cc(=O)n3cc(N4CCNCC4)ccc3n2)cc1C(C)C. The van der Waals surface area contributed by atoms with Crippen molar-refractivity contribution in [3.8, 4) is 17.0 Å². The molecule has 0 bridgehead atoms. The number of ether oxygens (including phenoxy) is 1. The molecule has 1 saturated heterocycles. The van der Waals surface area contributed by atoms with Gasteiger partial charge in [0.15, 0.2) is 0 Å². The number of methoxy groups -OCH3 is 1. The lowest BCUT2D eigenvalue weighted by molar-refractivity contribution is 0.407. The summed E-state index contributed by atoms with van der Waals surface area (Å²) in [6.07, 6.45) is 1.90. The second-order valence-corrected chi connectivity index (χ2v) is 7.44. The highest BCUT2D eigenvalue weighted by Gasteiger charge is 2.14. The number of pyridine rings is 1. The van der Waals surface area contributed by atoms with Crippen LogP contribution >= 0.6 is 0 Å². The van der Waals surface area contributed by atoms with Gasteiger partial charge in [-0.15, -0.1) is 0 Å². The summed E-state index contributed by atoms with van der Waals surface area (Å²) >= 11 is 0. The van der Waals surface area contributed by atoms with Crippen LogP contribution in [0.25, 0.3) is 16.9 Å². The Labute approximate surface area is 164 Å². The molecule has 0 radical (unpaired) electrons. The molecule has 1 N–H and O–H groups in total. The fourth-order valence-corrected chi connectivity index (χ4v) is 3.69. The molecule has 1 aromatic carbocycles. The van der Waals surface area contributed by atoms with E-state index in [0.29, 0.717) is 17.3 Å². The van der Waals surface area contributed by atoms with Crippen molar-refractivity contribution in [1.29, 1.82) is 0 Å². The monoisotopic (exact) mass is 378 g/mol. The summed E-state index contributed by atoms with van der Waals surface area (Å²) in [6.45, 7) is 8.05. The molecule has 146 valence electrons. The van der Waals surface area contributed by atoms with Gasteiger partial charge < -0.3 is 15.0 Å². The molecule has 1 aliphatic heterocycles. The first-order valence-electron chi connectivity index (χ1n) is 9.74. The van der Waals surface area contributed by atoms with E-state index in [1.165, 1.54) is 0 Å². The van der Waals surface area contributed by atoms with E-state index < -0.39 is 0 Å². The van der Waals surface area contributed by atoms with E-state index in [0.717, 1.165) is 48.7 Å². The van der Waals surface area contributed by atoms with Gasteiger partial charge in [-0.1, -0.05) is 13.8 Å². The minimum Gasteiger partial charge on any atom is -0.496 e. The van der Waals surface area contributed by atoms with E-state index in [1.807, 2.05) is 30.5 Å². The number of hydrogen-bond donors (Lipinski definition) is 1. The molecule has 1 aliphatic rings. The van der Waals surface area contributed by atoms with Gasteiger partial charge in [-0.2, -0.15) is 0 Å². The second-order valence-electron chi connectivity index (χ2n) is 7.44. The van der Waals surface area contributed by atoms with E-state index in [1.54, 1.807) is 17.6 Å². The van der Waals surface area contributed by atoms with Crippen LogP contribution < -0.4 is 20.5 Å². The number of hydrogen-bond acceptors (Lipinski definition) is 5. The third kappa shape index (κ3) is 3.47. The molecule has 0 saturated carbocycles. The predicted octanol–water partition coefficient (Wildman–Crippen LogP) is 2.90. The number of nitrogens with zero attached hydrogens (tertiary/aromatic N) is 3. The molecule has 0 spiro atoms. The zero-order chi connectivity index (χ0) is 19.7. The number of fused-ring (bicyclic) bond motifs is 1. The fraction of sp³-hybridized carbons (Fsp3) is 0.364. The average Bonchev–Trinajstić information content (AvgIpc) is 2.73. The number of aromatic nitrogens is 2. The number of nitrogens with one attached hydrogen (secondary N) is 1. The van der Waals surface area contributed by atoms with Gasteiger partial charge in [-0.05, 0) is 41.8 Å². The maximum atomic E-state index is 12.8. The molecule has 6 nitrogen and oxygen atoms in total. The zero-order valence-electron chi connectivity index (χ0n) is 16.6. The van der Waals surface area contributed by atoms with Gasteiger partial charge in [0.1, 0.15) is 11.4 Å². The maximum Gasteiger partial charge on any atom is 0.258 e. The van der Waals surface area contributed by atoms with E-state index in [9.17, 15) is 4.79 Å². The molecule has 6 heteroatoms. The number of piperazine rings is 1. The Morgan fingerprint density at radius 1 is 1.11 bits per heavy atom. The van der Waals surface area contributed by atoms with E-state index >= 15 is 0 Å². The Morgan fingerprint density at radius 3 is 2.61 bits per heavy atom. The van der Waals surface area contributed by atoms with Crippen molar-refractivity contribution in [1.82, 2.24) is 14.7 Å². The van der Waals surface area contributed by atoms with Crippen LogP contribution in [0.5, 0.6) is 5.75 Å². The Kier molecular flexibility index (Phi) is 5.05. The molecule has 3 heterocycles. The molecule has 0 aliphatic carbocycles. The number of anilines is 1. The summed E-state index contributed by atoms with van der Waals surface area (Å²) < 4.78 is 7.10. The van der Waals surface area contributed by atoms with Crippen LogP contribution in [-0.2, 0) is 0 Å². The van der Waals surface area contributed by atoms with Crippen molar-refractivity contribution in [3.63, 3.8) is 0 Å². The largest absolute Gasteiger partial charge is 0.496 e. The van der Waals surface area contributed by atoms with Crippen molar-refractivity contribution >= 4 is 11.3 Å². The quantitative estimate of drug-likeness (QED) is 0.757. The summed E-state index contributed by atoms with van der Waals surface area (Å²) in [4.78, 5) is 19.8. The van der Waals surface area contributed by atoms with E-state index in [-0.39, 0.29) is 5.56 Å². The first-order valence-corrected chi connectivity index (χ1v) is 9.74. The Morgan fingerprint density at radius 2 is 1.89 bits per heavy atom. The van der Waals surface area contributed by atoms with Crippen LogP contribution in [0.3, 0.4) is 0 Å². The Hall–Kier alpha value is -2.86. The van der Waals surface area contributed by atoms with Crippen molar-refractivity contribution in [2.45, 2.75) is 19.8 Å². The van der Waals surface area contributed by atoms with Crippen LogP contribution in [0.4, 0.5) is 5.69 Å². The van der Waals surface area contributed by atoms with Gasteiger partial charge in [0, 0.05) is 44.0 Å². The standard InChI is InChI=1S/C22H26N4O2/c1-15(2)18-12-16(4-6-20(18)28-3)19-13-22(27)26-14-17(5-7-21(26)24-19)25-10-8-23-9-11-25/h4-7,12-15,23H,8-11H2,1-3H3. The Balaban J connectivity index is 1.75. The lowest BCUT2D eigenvalue weighted by atomic mass is 9.98. The van der Waals surface area contributed by atoms with Gasteiger partial charge in [0.25, 0.3) is 5.56 Å². The van der Waals surface area contributed by atoms with Gasteiger partial charge in [-0.3, -0.25) is 9.20 Å². The minimum absolute atomic E-state index is 0.0705. The first kappa shape index (κ1) is 18.5. The van der Waals surface area contributed by atoms with Crippen LogP contribution in [0.15, 0.2) is 47.4 Å². The highest BCUT2D eigenvalue weighted by atomic mass is 16.5. The molecular weight excluding hydrogens is 352 g/mol. The van der Waals surface area contributed by atoms with Gasteiger partial charge in [0.2, 0.25) is 0 Å². The first-order chi connectivity index (χ1) is 13.6. The number of benzene rings is 1. The summed E-state index contributed by atoms with van der Waals surface area (Å²) in [5, 5.41) is 3.35. The van der Waals surface area contributed by atoms with E-state index in [2.05, 4.69) is 30.1 Å². The smallest absolute Gasteiger partial charge is 0.258 e. The minimum atomic E-state index is -0.0705. The lowest BCUT2D eigenvalue weighted by Crippen LogP contribution is -2.43. The molecular formula is C22H26N4O2. The summed E-state index contributed by atoms with van der Waals surface area (Å²) in [7, 11) is 1.68. The highest BCUT2D eigenvalue weighted by Crippen LogP contribution is 2.30.